The molecule has 1 aliphatic carbocycles. The Hall–Kier alpha value is -2.74. The maximum atomic E-state index is 13.1. The van der Waals surface area contributed by atoms with Crippen LogP contribution in [0.3, 0.4) is 0 Å². The second-order valence-corrected chi connectivity index (χ2v) is 9.54. The third kappa shape index (κ3) is 5.32. The first-order chi connectivity index (χ1) is 16.7. The predicted molar refractivity (Wildman–Crippen MR) is 134 cm³/mol. The number of hydrogen-bond donors (Lipinski definition) is 2. The lowest BCUT2D eigenvalue weighted by Gasteiger charge is -2.27. The summed E-state index contributed by atoms with van der Waals surface area (Å²) in [7, 11) is 0. The molecule has 2 aliphatic rings. The molecule has 2 fully saturated rings. The fourth-order valence-corrected chi connectivity index (χ4v) is 5.01. The van der Waals surface area contributed by atoms with Crippen molar-refractivity contribution < 1.29 is 4.79 Å². The molecule has 1 aromatic carbocycles. The summed E-state index contributed by atoms with van der Waals surface area (Å²) in [5, 5.41) is 7.63. The third-order valence-corrected chi connectivity index (χ3v) is 7.00. The van der Waals surface area contributed by atoms with Gasteiger partial charge >= 0.3 is 0 Å². The van der Waals surface area contributed by atoms with Gasteiger partial charge in [0.25, 0.3) is 0 Å². The Morgan fingerprint density at radius 2 is 1.82 bits per heavy atom. The van der Waals surface area contributed by atoms with Crippen LogP contribution >= 0.6 is 11.6 Å². The zero-order chi connectivity index (χ0) is 23.3. The summed E-state index contributed by atoms with van der Waals surface area (Å²) in [6.07, 6.45) is 8.70. The number of pyridine rings is 1. The number of carbonyl (C=O) groups is 1. The van der Waals surface area contributed by atoms with Gasteiger partial charge in [0.15, 0.2) is 0 Å². The second kappa shape index (κ2) is 10.7. The van der Waals surface area contributed by atoms with Crippen LogP contribution in [-0.2, 0) is 17.9 Å². The van der Waals surface area contributed by atoms with Crippen LogP contribution in [0.5, 0.6) is 0 Å². The summed E-state index contributed by atoms with van der Waals surface area (Å²) in [5.74, 6) is 0.111. The molecule has 2 N–H and O–H groups in total. The average molecular weight is 479 g/mol. The standard InChI is InChI=1S/C26H31ClN6O/c27-21-7-5-19(6-8-21)25-26(33(18-31-25)17-24(34)32-13-11-28-12-14-32)20-9-10-29-23(15-20)16-30-22-3-1-2-4-22/h5-10,15,18,22,28,30H,1-4,11-14,16-17H2. The Labute approximate surface area is 205 Å². The van der Waals surface area contributed by atoms with Crippen LogP contribution in [0.25, 0.3) is 22.5 Å². The fraction of sp³-hybridized carbons (Fsp3) is 0.423. The van der Waals surface area contributed by atoms with Crippen molar-refractivity contribution in [3.05, 3.63) is 59.6 Å². The molecule has 1 saturated carbocycles. The van der Waals surface area contributed by atoms with Gasteiger partial charge in [0.2, 0.25) is 5.91 Å². The maximum absolute atomic E-state index is 13.1. The summed E-state index contributed by atoms with van der Waals surface area (Å²) in [4.78, 5) is 24.3. The molecular formula is C26H31ClN6O. The van der Waals surface area contributed by atoms with Crippen molar-refractivity contribution >= 4 is 17.5 Å². The van der Waals surface area contributed by atoms with Gasteiger partial charge in [-0.1, -0.05) is 36.6 Å². The quantitative estimate of drug-likeness (QED) is 0.541. The molecular weight excluding hydrogens is 448 g/mol. The number of carbonyl (C=O) groups excluding carboxylic acids is 1. The lowest BCUT2D eigenvalue weighted by Crippen LogP contribution is -2.47. The number of halogens is 1. The van der Waals surface area contributed by atoms with Crippen LogP contribution in [0.1, 0.15) is 31.4 Å². The molecule has 0 atom stereocenters. The van der Waals surface area contributed by atoms with Gasteiger partial charge < -0.3 is 20.1 Å². The van der Waals surface area contributed by atoms with Crippen LogP contribution in [-0.4, -0.2) is 57.6 Å². The van der Waals surface area contributed by atoms with E-state index < -0.39 is 0 Å². The number of aromatic nitrogens is 3. The van der Waals surface area contributed by atoms with E-state index in [1.807, 2.05) is 46.0 Å². The first kappa shape index (κ1) is 23.0. The van der Waals surface area contributed by atoms with Crippen molar-refractivity contribution in [2.45, 2.75) is 44.8 Å². The molecule has 0 radical (unpaired) electrons. The molecule has 0 spiro atoms. The van der Waals surface area contributed by atoms with Crippen molar-refractivity contribution in [1.82, 2.24) is 30.1 Å². The van der Waals surface area contributed by atoms with Gasteiger partial charge in [-0.15, -0.1) is 0 Å². The number of nitrogens with zero attached hydrogens (tertiary/aromatic N) is 4. The highest BCUT2D eigenvalue weighted by molar-refractivity contribution is 6.30. The molecule has 3 heterocycles. The molecule has 0 unspecified atom stereocenters. The van der Waals surface area contributed by atoms with E-state index in [9.17, 15) is 4.79 Å². The minimum Gasteiger partial charge on any atom is -0.339 e. The van der Waals surface area contributed by atoms with Crippen LogP contribution in [0, 0.1) is 0 Å². The molecule has 1 saturated heterocycles. The van der Waals surface area contributed by atoms with E-state index in [4.69, 9.17) is 16.6 Å². The predicted octanol–water partition coefficient (Wildman–Crippen LogP) is 3.73. The topological polar surface area (TPSA) is 75.1 Å². The van der Waals surface area contributed by atoms with Gasteiger partial charge in [-0.2, -0.15) is 0 Å². The van der Waals surface area contributed by atoms with Crippen molar-refractivity contribution in [3.8, 4) is 22.5 Å². The molecule has 0 bridgehead atoms. The number of rotatable bonds is 7. The molecule has 8 heteroatoms. The van der Waals surface area contributed by atoms with E-state index in [1.165, 1.54) is 25.7 Å². The molecule has 7 nitrogen and oxygen atoms in total. The highest BCUT2D eigenvalue weighted by Crippen LogP contribution is 2.32. The zero-order valence-corrected chi connectivity index (χ0v) is 20.1. The van der Waals surface area contributed by atoms with Crippen LogP contribution in [0.4, 0.5) is 0 Å². The number of imidazole rings is 1. The van der Waals surface area contributed by atoms with Gasteiger partial charge in [-0.3, -0.25) is 9.78 Å². The van der Waals surface area contributed by atoms with E-state index in [2.05, 4.69) is 21.7 Å². The molecule has 34 heavy (non-hydrogen) atoms. The van der Waals surface area contributed by atoms with Crippen LogP contribution < -0.4 is 10.6 Å². The van der Waals surface area contributed by atoms with Crippen molar-refractivity contribution in [3.63, 3.8) is 0 Å². The lowest BCUT2D eigenvalue weighted by molar-refractivity contribution is -0.132. The minimum atomic E-state index is 0.111. The van der Waals surface area contributed by atoms with E-state index in [0.29, 0.717) is 11.1 Å². The second-order valence-electron chi connectivity index (χ2n) is 9.11. The Bertz CT molecular complexity index is 1120. The summed E-state index contributed by atoms with van der Waals surface area (Å²) in [6.45, 7) is 4.13. The highest BCUT2D eigenvalue weighted by atomic mass is 35.5. The largest absolute Gasteiger partial charge is 0.339 e. The van der Waals surface area contributed by atoms with Crippen molar-refractivity contribution in [1.29, 1.82) is 0 Å². The summed E-state index contributed by atoms with van der Waals surface area (Å²) < 4.78 is 1.97. The molecule has 1 amide bonds. The number of nitrogens with one attached hydrogen (secondary N) is 2. The number of hydrogen-bond acceptors (Lipinski definition) is 5. The number of amides is 1. The third-order valence-electron chi connectivity index (χ3n) is 6.75. The summed E-state index contributed by atoms with van der Waals surface area (Å²) in [5.41, 5.74) is 4.73. The average Bonchev–Trinajstić information content (AvgIpc) is 3.54. The molecule has 178 valence electrons. The van der Waals surface area contributed by atoms with Gasteiger partial charge in [-0.05, 0) is 37.1 Å². The van der Waals surface area contributed by atoms with E-state index in [1.54, 1.807) is 6.33 Å². The SMILES string of the molecule is O=C(Cn1cnc(-c2ccc(Cl)cc2)c1-c1ccnc(CNC2CCCC2)c1)N1CCNCC1. The fourth-order valence-electron chi connectivity index (χ4n) is 4.88. The maximum Gasteiger partial charge on any atom is 0.242 e. The normalized spacial score (nSPS) is 16.8. The monoisotopic (exact) mass is 478 g/mol. The van der Waals surface area contributed by atoms with Gasteiger partial charge in [0.05, 0.1) is 23.4 Å². The Balaban J connectivity index is 1.45. The Morgan fingerprint density at radius 3 is 2.59 bits per heavy atom. The molecule has 3 aromatic rings. The highest BCUT2D eigenvalue weighted by Gasteiger charge is 2.21. The summed E-state index contributed by atoms with van der Waals surface area (Å²) in [6, 6.07) is 12.4. The number of benzene rings is 1. The van der Waals surface area contributed by atoms with Crippen LogP contribution in [0.2, 0.25) is 5.02 Å². The van der Waals surface area contributed by atoms with Crippen molar-refractivity contribution in [2.75, 3.05) is 26.2 Å². The Kier molecular flexibility index (Phi) is 7.23. The van der Waals surface area contributed by atoms with E-state index in [-0.39, 0.29) is 12.5 Å². The minimum absolute atomic E-state index is 0.111. The van der Waals surface area contributed by atoms with Crippen LogP contribution in [0.15, 0.2) is 48.9 Å². The first-order valence-electron chi connectivity index (χ1n) is 12.2. The molecule has 2 aromatic heterocycles. The van der Waals surface area contributed by atoms with Gasteiger partial charge in [0, 0.05) is 61.1 Å². The van der Waals surface area contributed by atoms with E-state index >= 15 is 0 Å². The lowest BCUT2D eigenvalue weighted by atomic mass is 10.0. The number of piperazine rings is 1. The van der Waals surface area contributed by atoms with Gasteiger partial charge in [-0.25, -0.2) is 4.98 Å². The molecule has 5 rings (SSSR count). The zero-order valence-electron chi connectivity index (χ0n) is 19.3. The summed E-state index contributed by atoms with van der Waals surface area (Å²) >= 11 is 6.13. The van der Waals surface area contributed by atoms with E-state index in [0.717, 1.165) is 60.9 Å². The smallest absolute Gasteiger partial charge is 0.242 e. The van der Waals surface area contributed by atoms with Crippen molar-refractivity contribution in [2.24, 2.45) is 0 Å². The Morgan fingerprint density at radius 1 is 1.06 bits per heavy atom. The first-order valence-corrected chi connectivity index (χ1v) is 12.5. The van der Waals surface area contributed by atoms with Gasteiger partial charge in [0.1, 0.15) is 6.54 Å². The molecule has 1 aliphatic heterocycles.